The number of aryl methyl sites for hydroxylation is 1. The Morgan fingerprint density at radius 1 is 0.938 bits per heavy atom. The molecule has 2 aromatic carbocycles. The normalized spacial score (nSPS) is 12.5. The number of nitrogens with one attached hydrogen (secondary N) is 1. The number of amides is 2. The summed E-state index contributed by atoms with van der Waals surface area (Å²) in [5, 5.41) is 2.94. The fourth-order valence-electron chi connectivity index (χ4n) is 5.57. The molecule has 0 aliphatic rings. The van der Waals surface area contributed by atoms with Crippen LogP contribution in [0.3, 0.4) is 0 Å². The van der Waals surface area contributed by atoms with E-state index in [4.69, 9.17) is 14.9 Å². The van der Waals surface area contributed by atoms with Crippen molar-refractivity contribution in [2.75, 3.05) is 19.7 Å². The number of nitrogens with two attached hydrogens (primary N) is 1. The number of pyridine rings is 1. The van der Waals surface area contributed by atoms with E-state index in [-0.39, 0.29) is 37.7 Å². The van der Waals surface area contributed by atoms with Gasteiger partial charge in [0.25, 0.3) is 0 Å². The Bertz CT molecular complexity index is 1610. The van der Waals surface area contributed by atoms with Crippen molar-refractivity contribution in [3.63, 3.8) is 0 Å². The highest BCUT2D eigenvalue weighted by Gasteiger charge is 2.23. The van der Waals surface area contributed by atoms with Gasteiger partial charge in [-0.05, 0) is 72.2 Å². The van der Waals surface area contributed by atoms with Crippen LogP contribution in [-0.2, 0) is 46.6 Å². The van der Waals surface area contributed by atoms with E-state index < -0.39 is 29.6 Å². The van der Waals surface area contributed by atoms with Gasteiger partial charge in [0, 0.05) is 25.2 Å². The SMILES string of the molecule is CCCN(CCC)C(=O)Cc1cc(CC(=O)N[C@@H](Cc2cc(F)cc(F)c2)C(N)COCc2cccc(CC)c2)nc(-c2ncco2)c1. The average Bonchev–Trinajstić information content (AvgIpc) is 3.59. The molecule has 1 unspecified atom stereocenters. The van der Waals surface area contributed by atoms with Gasteiger partial charge in [0.05, 0.1) is 44.0 Å². The lowest BCUT2D eigenvalue weighted by Crippen LogP contribution is -2.51. The number of hydrogen-bond donors (Lipinski definition) is 2. The first-order valence-electron chi connectivity index (χ1n) is 16.5. The van der Waals surface area contributed by atoms with Crippen LogP contribution in [0.25, 0.3) is 11.6 Å². The summed E-state index contributed by atoms with van der Waals surface area (Å²) < 4.78 is 39.5. The first kappa shape index (κ1) is 36.4. The molecule has 2 heterocycles. The molecule has 0 spiro atoms. The quantitative estimate of drug-likeness (QED) is 0.143. The molecule has 4 rings (SSSR count). The van der Waals surface area contributed by atoms with Crippen molar-refractivity contribution in [2.24, 2.45) is 5.73 Å². The average molecular weight is 662 g/mol. The van der Waals surface area contributed by atoms with E-state index in [2.05, 4.69) is 28.3 Å². The highest BCUT2D eigenvalue weighted by molar-refractivity contribution is 5.80. The Kier molecular flexibility index (Phi) is 13.8. The Morgan fingerprint density at radius 2 is 1.67 bits per heavy atom. The molecule has 0 radical (unpaired) electrons. The molecular weight excluding hydrogens is 616 g/mol. The topological polar surface area (TPSA) is 124 Å². The van der Waals surface area contributed by atoms with E-state index in [1.54, 1.807) is 12.1 Å². The summed E-state index contributed by atoms with van der Waals surface area (Å²) in [6.07, 6.45) is 5.57. The van der Waals surface area contributed by atoms with Crippen LogP contribution in [0.15, 0.2) is 71.5 Å². The first-order chi connectivity index (χ1) is 23.2. The number of carbonyl (C=O) groups is 2. The third-order valence-electron chi connectivity index (χ3n) is 7.85. The number of aromatic nitrogens is 2. The van der Waals surface area contributed by atoms with Gasteiger partial charge in [-0.3, -0.25) is 9.59 Å². The summed E-state index contributed by atoms with van der Waals surface area (Å²) in [4.78, 5) is 37.3. The van der Waals surface area contributed by atoms with E-state index in [0.29, 0.717) is 42.2 Å². The molecule has 2 aromatic heterocycles. The Hall–Kier alpha value is -4.48. The zero-order valence-corrected chi connectivity index (χ0v) is 27.9. The Labute approximate surface area is 280 Å². The fourth-order valence-corrected chi connectivity index (χ4v) is 5.57. The Morgan fingerprint density at radius 3 is 2.33 bits per heavy atom. The van der Waals surface area contributed by atoms with E-state index in [1.807, 2.05) is 36.9 Å². The van der Waals surface area contributed by atoms with E-state index in [0.717, 1.165) is 30.9 Å². The van der Waals surface area contributed by atoms with Crippen molar-refractivity contribution in [1.82, 2.24) is 20.2 Å². The van der Waals surface area contributed by atoms with Gasteiger partial charge in [0.15, 0.2) is 0 Å². The van der Waals surface area contributed by atoms with Gasteiger partial charge in [-0.1, -0.05) is 45.0 Å². The largest absolute Gasteiger partial charge is 0.443 e. The number of rotatable bonds is 18. The van der Waals surface area contributed by atoms with E-state index >= 15 is 0 Å². The van der Waals surface area contributed by atoms with Crippen LogP contribution in [-0.4, -0.2) is 58.5 Å². The van der Waals surface area contributed by atoms with Crippen LogP contribution in [0, 0.1) is 11.6 Å². The Balaban J connectivity index is 1.51. The molecular formula is C37H45F2N5O4. The van der Waals surface area contributed by atoms with Crippen molar-refractivity contribution in [3.8, 4) is 11.6 Å². The zero-order valence-electron chi connectivity index (χ0n) is 27.9. The van der Waals surface area contributed by atoms with Gasteiger partial charge < -0.3 is 25.1 Å². The molecule has 48 heavy (non-hydrogen) atoms. The number of ether oxygens (including phenoxy) is 1. The minimum Gasteiger partial charge on any atom is -0.443 e. The fraction of sp³-hybridized carbons (Fsp3) is 0.405. The lowest BCUT2D eigenvalue weighted by molar-refractivity contribution is -0.130. The molecule has 0 fully saturated rings. The van der Waals surface area contributed by atoms with Gasteiger partial charge in [-0.15, -0.1) is 0 Å². The number of benzene rings is 2. The predicted molar refractivity (Wildman–Crippen MR) is 180 cm³/mol. The maximum atomic E-state index is 14.1. The lowest BCUT2D eigenvalue weighted by Gasteiger charge is -2.25. The molecule has 9 nitrogen and oxygen atoms in total. The number of nitrogens with zero attached hydrogens (tertiary/aromatic N) is 3. The standard InChI is InChI=1S/C37H45F2N5O4/c1-4-11-44(12-5-2)36(46)20-28-17-31(42-34(19-28)37-41-10-13-48-37)22-35(45)43-33(18-27-15-29(38)21-30(39)16-27)32(40)24-47-23-26-9-7-8-25(6-3)14-26/h7-10,13-17,19,21,32-33H,4-6,11-12,18,20,22-24,40H2,1-3H3,(H,43,45)/t32?,33-/m0/s1. The van der Waals surface area contributed by atoms with Gasteiger partial charge in [0.1, 0.15) is 23.6 Å². The molecule has 3 N–H and O–H groups in total. The predicted octanol–water partition coefficient (Wildman–Crippen LogP) is 5.58. The van der Waals surface area contributed by atoms with Crippen LogP contribution >= 0.6 is 0 Å². The number of carbonyl (C=O) groups excluding carboxylic acids is 2. The maximum absolute atomic E-state index is 14.1. The molecule has 2 atom stereocenters. The first-order valence-corrected chi connectivity index (χ1v) is 16.5. The van der Waals surface area contributed by atoms with Crippen LogP contribution in [0.1, 0.15) is 61.6 Å². The summed E-state index contributed by atoms with van der Waals surface area (Å²) in [7, 11) is 0. The van der Waals surface area contributed by atoms with Crippen molar-refractivity contribution in [3.05, 3.63) is 107 Å². The second-order valence-electron chi connectivity index (χ2n) is 11.9. The molecule has 0 saturated carbocycles. The zero-order chi connectivity index (χ0) is 34.5. The summed E-state index contributed by atoms with van der Waals surface area (Å²) in [5.74, 6) is -1.60. The maximum Gasteiger partial charge on any atom is 0.245 e. The van der Waals surface area contributed by atoms with E-state index in [1.165, 1.54) is 30.2 Å². The second-order valence-corrected chi connectivity index (χ2v) is 11.9. The van der Waals surface area contributed by atoms with Crippen LogP contribution in [0.2, 0.25) is 0 Å². The molecule has 0 aliphatic carbocycles. The summed E-state index contributed by atoms with van der Waals surface area (Å²) in [6, 6.07) is 13.3. The minimum absolute atomic E-state index is 0.0200. The third-order valence-corrected chi connectivity index (χ3v) is 7.85. The van der Waals surface area contributed by atoms with Crippen molar-refractivity contribution in [1.29, 1.82) is 0 Å². The summed E-state index contributed by atoms with van der Waals surface area (Å²) >= 11 is 0. The monoisotopic (exact) mass is 661 g/mol. The van der Waals surface area contributed by atoms with Crippen LogP contribution in [0.5, 0.6) is 0 Å². The van der Waals surface area contributed by atoms with Gasteiger partial charge in [0.2, 0.25) is 17.7 Å². The van der Waals surface area contributed by atoms with Crippen LogP contribution in [0.4, 0.5) is 8.78 Å². The smallest absolute Gasteiger partial charge is 0.245 e. The highest BCUT2D eigenvalue weighted by Crippen LogP contribution is 2.20. The molecule has 0 saturated heterocycles. The summed E-state index contributed by atoms with van der Waals surface area (Å²) in [6.45, 7) is 7.87. The molecule has 11 heteroatoms. The molecule has 256 valence electrons. The summed E-state index contributed by atoms with van der Waals surface area (Å²) in [5.41, 5.74) is 10.5. The van der Waals surface area contributed by atoms with Gasteiger partial charge in [-0.25, -0.2) is 18.7 Å². The molecule has 4 aromatic rings. The number of oxazole rings is 1. The van der Waals surface area contributed by atoms with Crippen molar-refractivity contribution >= 4 is 11.8 Å². The van der Waals surface area contributed by atoms with Gasteiger partial charge in [-0.2, -0.15) is 0 Å². The second kappa shape index (κ2) is 18.2. The minimum atomic E-state index is -0.721. The number of hydrogen-bond acceptors (Lipinski definition) is 7. The van der Waals surface area contributed by atoms with E-state index in [9.17, 15) is 18.4 Å². The highest BCUT2D eigenvalue weighted by atomic mass is 19.1. The van der Waals surface area contributed by atoms with Crippen molar-refractivity contribution < 1.29 is 27.5 Å². The third kappa shape index (κ3) is 11.1. The van der Waals surface area contributed by atoms with Crippen LogP contribution < -0.4 is 11.1 Å². The van der Waals surface area contributed by atoms with Crippen molar-refractivity contribution in [2.45, 2.75) is 78.0 Å². The molecule has 0 aliphatic heterocycles. The number of halogens is 2. The molecule has 0 bridgehead atoms. The lowest BCUT2D eigenvalue weighted by atomic mass is 9.99. The molecule has 2 amide bonds. The van der Waals surface area contributed by atoms with Gasteiger partial charge >= 0.3 is 0 Å².